The van der Waals surface area contributed by atoms with Crippen LogP contribution in [0.3, 0.4) is 0 Å². The van der Waals surface area contributed by atoms with E-state index < -0.39 is 0 Å². The fraction of sp³-hybridized carbons (Fsp3) is 0. The predicted octanol–water partition coefficient (Wildman–Crippen LogP) is 31.3. The second-order valence-corrected chi connectivity index (χ2v) is 34.2. The average Bonchev–Trinajstić information content (AvgIpc) is 1.57. The second-order valence-electron chi connectivity index (χ2n) is 34.2. The summed E-state index contributed by atoms with van der Waals surface area (Å²) in [6.07, 6.45) is 0. The second kappa shape index (κ2) is 33.7. The molecule has 0 amide bonds. The number of aromatic nitrogens is 12. The van der Waals surface area contributed by atoms with Gasteiger partial charge in [-0.1, -0.05) is 358 Å². The van der Waals surface area contributed by atoms with Crippen molar-refractivity contribution in [1.29, 1.82) is 0 Å². The molecule has 9 aromatic heterocycles. The van der Waals surface area contributed by atoms with Crippen LogP contribution in [0.2, 0.25) is 0 Å². The van der Waals surface area contributed by atoms with E-state index in [9.17, 15) is 0 Å². The van der Waals surface area contributed by atoms with Crippen molar-refractivity contribution in [1.82, 2.24) is 58.6 Å². The summed E-state index contributed by atoms with van der Waals surface area (Å²) in [5, 5.41) is 13.2. The van der Waals surface area contributed by atoms with Gasteiger partial charge in [0.15, 0.2) is 34.9 Å². The van der Waals surface area contributed by atoms with Gasteiger partial charge < -0.3 is 13.3 Å². The highest BCUT2D eigenvalue weighted by Crippen LogP contribution is 2.44. The van der Waals surface area contributed by atoms with Crippen molar-refractivity contribution < 1.29 is 13.3 Å². The Kier molecular flexibility index (Phi) is 19.5. The van der Waals surface area contributed by atoms with Crippen molar-refractivity contribution in [2.24, 2.45) is 0 Å². The Bertz CT molecular complexity index is 9430. The minimum absolute atomic E-state index is 0.568. The number of para-hydroxylation sites is 8. The highest BCUT2D eigenvalue weighted by atomic mass is 16.3. The largest absolute Gasteiger partial charge is 0.456 e. The smallest absolute Gasteiger partial charge is 0.238 e. The molecular formula is C123H76N12O3. The lowest BCUT2D eigenvalue weighted by Crippen LogP contribution is -2.06. The molecule has 0 atom stereocenters. The number of nitrogens with zero attached hydrogens (tertiary/aromatic N) is 12. The molecule has 0 spiro atoms. The Morgan fingerprint density at radius 3 is 0.717 bits per heavy atom. The van der Waals surface area contributed by atoms with Gasteiger partial charge >= 0.3 is 0 Å². The molecule has 9 heterocycles. The summed E-state index contributed by atoms with van der Waals surface area (Å²) >= 11 is 0. The third-order valence-electron chi connectivity index (χ3n) is 26.0. The van der Waals surface area contributed by atoms with Crippen LogP contribution in [0.5, 0.6) is 0 Å². The van der Waals surface area contributed by atoms with Gasteiger partial charge in [-0.15, -0.1) is 0 Å². The fourth-order valence-electron chi connectivity index (χ4n) is 19.5. The van der Waals surface area contributed by atoms with Crippen molar-refractivity contribution in [3.63, 3.8) is 0 Å². The molecule has 15 nitrogen and oxygen atoms in total. The maximum absolute atomic E-state index is 6.49. The summed E-state index contributed by atoms with van der Waals surface area (Å²) < 4.78 is 25.7. The van der Waals surface area contributed by atoms with E-state index in [0.29, 0.717) is 52.8 Å². The number of rotatable bonds is 13. The molecule has 28 aromatic rings. The molecule has 138 heavy (non-hydrogen) atoms. The van der Waals surface area contributed by atoms with E-state index in [0.717, 1.165) is 209 Å². The molecular weight excluding hydrogens is 1690 g/mol. The van der Waals surface area contributed by atoms with Gasteiger partial charge in [0, 0.05) is 109 Å². The zero-order chi connectivity index (χ0) is 91.1. The Balaban J connectivity index is 0.000000107. The monoisotopic (exact) mass is 1770 g/mol. The molecule has 0 radical (unpaired) electrons. The van der Waals surface area contributed by atoms with Gasteiger partial charge in [-0.3, -0.25) is 13.7 Å². The number of fused-ring (bicyclic) bond motifs is 18. The van der Waals surface area contributed by atoms with Gasteiger partial charge in [0.2, 0.25) is 17.8 Å². The van der Waals surface area contributed by atoms with E-state index in [4.69, 9.17) is 58.1 Å². The molecule has 28 rings (SSSR count). The molecule has 646 valence electrons. The van der Waals surface area contributed by atoms with Crippen LogP contribution in [0.25, 0.3) is 262 Å². The highest BCUT2D eigenvalue weighted by Gasteiger charge is 2.26. The lowest BCUT2D eigenvalue weighted by atomic mass is 10.0. The van der Waals surface area contributed by atoms with Gasteiger partial charge in [0.1, 0.15) is 33.5 Å². The van der Waals surface area contributed by atoms with Gasteiger partial charge in [-0.05, 0) is 137 Å². The molecule has 19 aromatic carbocycles. The van der Waals surface area contributed by atoms with Crippen LogP contribution in [0, 0.1) is 0 Å². The van der Waals surface area contributed by atoms with Crippen molar-refractivity contribution in [2.45, 2.75) is 0 Å². The topological polar surface area (TPSA) is 170 Å². The highest BCUT2D eigenvalue weighted by molar-refractivity contribution is 6.15. The van der Waals surface area contributed by atoms with Crippen LogP contribution in [-0.2, 0) is 0 Å². The number of benzene rings is 19. The summed E-state index contributed by atoms with van der Waals surface area (Å²) in [5.74, 6) is 5.38. The van der Waals surface area contributed by atoms with Gasteiger partial charge in [0.05, 0.1) is 33.1 Å². The van der Waals surface area contributed by atoms with Crippen LogP contribution in [0.4, 0.5) is 0 Å². The van der Waals surface area contributed by atoms with E-state index in [1.165, 1.54) is 0 Å². The first-order chi connectivity index (χ1) is 68.4. The maximum atomic E-state index is 6.49. The first-order valence-electron chi connectivity index (χ1n) is 46.0. The molecule has 0 fully saturated rings. The van der Waals surface area contributed by atoms with Crippen molar-refractivity contribution in [3.8, 4) is 131 Å². The Hall–Kier alpha value is -19.0. The van der Waals surface area contributed by atoms with Crippen molar-refractivity contribution in [2.75, 3.05) is 0 Å². The van der Waals surface area contributed by atoms with Crippen LogP contribution in [0.1, 0.15) is 0 Å². The van der Waals surface area contributed by atoms with Crippen molar-refractivity contribution >= 4 is 131 Å². The van der Waals surface area contributed by atoms with Crippen LogP contribution in [0.15, 0.2) is 474 Å². The molecule has 0 aliphatic carbocycles. The maximum Gasteiger partial charge on any atom is 0.238 e. The molecule has 0 saturated heterocycles. The molecule has 0 aliphatic rings. The van der Waals surface area contributed by atoms with Gasteiger partial charge in [-0.25, -0.2) is 15.0 Å². The minimum Gasteiger partial charge on any atom is -0.456 e. The molecule has 0 saturated carbocycles. The third kappa shape index (κ3) is 14.2. The fourth-order valence-corrected chi connectivity index (χ4v) is 19.5. The lowest BCUT2D eigenvalue weighted by Gasteiger charge is -2.11. The quantitative estimate of drug-likeness (QED) is 0.107. The zero-order valence-corrected chi connectivity index (χ0v) is 74.0. The standard InChI is InChI=1S/C45H28N4O.2C39H24N4O/c1-3-12-29(13-4-1)30-22-24-32(25-23-30)43-46-44(48-45(47-43)49-39-20-9-7-16-35(39)36-17-8-10-21-40(36)49)33-26-27-41-38(28-33)37-19-11-18-34(42(37)50-41)31-14-5-2-6-15-31;1-3-12-25(13-4-1)28-18-11-19-31-32-24-27(22-23-35(32)44-36(28)31)38-40-37(26-14-5-2-6-15-26)41-39(42-38)43-33-20-9-7-16-29(33)30-17-8-10-21-34(30)43;1-3-11-25(12-4-1)27-19-21-31-32-23-28(20-22-35(32)44-36(31)24-27)38-40-37(26-13-5-2-6-14-26)41-39(42-38)43-33-17-9-7-15-29(33)30-16-8-10-18-34(30)43/h1-28H;2*1-24H. The first kappa shape index (κ1) is 79.9. The van der Waals surface area contributed by atoms with Crippen LogP contribution < -0.4 is 0 Å². The molecule has 0 unspecified atom stereocenters. The SMILES string of the molecule is c1ccc(-c2ccc(-c3nc(-c4ccc5oc6c(-c7ccccc7)cccc6c5c4)nc(-n4c5ccccc5c5ccccc54)n3)cc2)cc1.c1ccc(-c2ccc3c(c2)oc2ccc(-c4nc(-c5ccccc5)nc(-n5c6ccccc6c6ccccc65)n4)cc23)cc1.c1ccc(-c2nc(-c3ccc4oc5c(-c6ccccc6)cccc5c4c3)nc(-n3c4ccccc4c4ccccc43)n2)cc1. The average molecular weight is 1770 g/mol. The van der Waals surface area contributed by atoms with Crippen LogP contribution in [-0.4, -0.2) is 58.6 Å². The Morgan fingerprint density at radius 2 is 0.377 bits per heavy atom. The van der Waals surface area contributed by atoms with E-state index >= 15 is 0 Å². The molecule has 0 aliphatic heterocycles. The minimum atomic E-state index is 0.568. The lowest BCUT2D eigenvalue weighted by molar-refractivity contribution is 0.669. The van der Waals surface area contributed by atoms with Crippen LogP contribution >= 0.6 is 0 Å². The summed E-state index contributed by atoms with van der Waals surface area (Å²) in [5.41, 5.74) is 25.8. The third-order valence-corrected chi connectivity index (χ3v) is 26.0. The number of hydrogen-bond donors (Lipinski definition) is 0. The Morgan fingerprint density at radius 1 is 0.138 bits per heavy atom. The number of furan rings is 3. The summed E-state index contributed by atoms with van der Waals surface area (Å²) in [4.78, 5) is 45.8. The molecule has 0 bridgehead atoms. The van der Waals surface area contributed by atoms with Gasteiger partial charge in [-0.2, -0.15) is 29.9 Å². The Labute approximate surface area is 789 Å². The van der Waals surface area contributed by atoms with E-state index in [1.54, 1.807) is 0 Å². The van der Waals surface area contributed by atoms with E-state index in [-0.39, 0.29) is 0 Å². The first-order valence-corrected chi connectivity index (χ1v) is 46.0. The van der Waals surface area contributed by atoms with Crippen molar-refractivity contribution in [3.05, 3.63) is 461 Å². The summed E-state index contributed by atoms with van der Waals surface area (Å²) in [7, 11) is 0. The van der Waals surface area contributed by atoms with Gasteiger partial charge in [0.25, 0.3) is 0 Å². The predicted molar refractivity (Wildman–Crippen MR) is 559 cm³/mol. The normalized spacial score (nSPS) is 11.6. The molecule has 15 heteroatoms. The summed E-state index contributed by atoms with van der Waals surface area (Å²) in [6.45, 7) is 0. The van der Waals surface area contributed by atoms with E-state index in [2.05, 4.69) is 353 Å². The van der Waals surface area contributed by atoms with E-state index in [1.807, 2.05) is 121 Å². The number of hydrogen-bond acceptors (Lipinski definition) is 12. The summed E-state index contributed by atoms with van der Waals surface area (Å²) in [6, 6.07) is 158. The molecule has 0 N–H and O–H groups in total. The zero-order valence-electron chi connectivity index (χ0n) is 74.0.